The zero-order valence-electron chi connectivity index (χ0n) is 15.4. The molecule has 0 saturated carbocycles. The highest BCUT2D eigenvalue weighted by Crippen LogP contribution is 2.27. The summed E-state index contributed by atoms with van der Waals surface area (Å²) in [6, 6.07) is 12.0. The molecular weight excluding hydrogens is 462 g/mol. The van der Waals surface area contributed by atoms with Crippen molar-refractivity contribution in [2.24, 2.45) is 0 Å². The molecular formula is C19H18BrN3O3S2. The van der Waals surface area contributed by atoms with Gasteiger partial charge in [0.25, 0.3) is 15.9 Å². The number of carbonyl (C=O) groups is 1. The van der Waals surface area contributed by atoms with Crippen molar-refractivity contribution in [2.75, 3.05) is 10.0 Å². The molecule has 2 N–H and O–H groups in total. The molecule has 6 nitrogen and oxygen atoms in total. The van der Waals surface area contributed by atoms with Crippen LogP contribution in [-0.2, 0) is 10.0 Å². The number of sulfonamides is 1. The molecule has 3 aromatic rings. The van der Waals surface area contributed by atoms with Crippen LogP contribution in [0, 0.1) is 20.8 Å². The molecule has 2 aromatic carbocycles. The number of aryl methyl sites for hydroxylation is 3. The number of carbonyl (C=O) groups excluding carboxylic acids is 1. The predicted molar refractivity (Wildman–Crippen MR) is 116 cm³/mol. The summed E-state index contributed by atoms with van der Waals surface area (Å²) < 4.78 is 28.4. The molecule has 146 valence electrons. The number of nitrogens with one attached hydrogen (secondary N) is 2. The quantitative estimate of drug-likeness (QED) is 0.545. The fourth-order valence-corrected chi connectivity index (χ4v) is 5.06. The van der Waals surface area contributed by atoms with Gasteiger partial charge in [-0.15, -0.1) is 0 Å². The van der Waals surface area contributed by atoms with Crippen LogP contribution in [0.4, 0.5) is 10.8 Å². The van der Waals surface area contributed by atoms with E-state index in [2.05, 4.69) is 31.0 Å². The first-order chi connectivity index (χ1) is 13.2. The largest absolute Gasteiger partial charge is 0.321 e. The highest BCUT2D eigenvalue weighted by Gasteiger charge is 2.20. The Morgan fingerprint density at radius 1 is 1.07 bits per heavy atom. The third-order valence-electron chi connectivity index (χ3n) is 3.99. The topological polar surface area (TPSA) is 88.2 Å². The summed E-state index contributed by atoms with van der Waals surface area (Å²) >= 11 is 4.39. The molecule has 1 aromatic heterocycles. The minimum Gasteiger partial charge on any atom is -0.321 e. The van der Waals surface area contributed by atoms with Gasteiger partial charge in [-0.3, -0.25) is 9.52 Å². The van der Waals surface area contributed by atoms with E-state index in [1.807, 2.05) is 26.0 Å². The van der Waals surface area contributed by atoms with Crippen molar-refractivity contribution in [1.82, 2.24) is 4.98 Å². The Bertz CT molecular complexity index is 1140. The average Bonchev–Trinajstić information content (AvgIpc) is 2.97. The number of hydrogen-bond acceptors (Lipinski definition) is 5. The maximum absolute atomic E-state index is 12.6. The summed E-state index contributed by atoms with van der Waals surface area (Å²) in [4.78, 5) is 17.3. The summed E-state index contributed by atoms with van der Waals surface area (Å²) in [5, 5.41) is 2.99. The molecule has 0 aliphatic rings. The number of thiazole rings is 1. The zero-order chi connectivity index (χ0) is 20.5. The Labute approximate surface area is 176 Å². The summed E-state index contributed by atoms with van der Waals surface area (Å²) in [6.45, 7) is 5.44. The van der Waals surface area contributed by atoms with Crippen LogP contribution in [0.1, 0.15) is 26.5 Å². The number of benzene rings is 2. The van der Waals surface area contributed by atoms with E-state index in [9.17, 15) is 13.2 Å². The van der Waals surface area contributed by atoms with E-state index in [4.69, 9.17) is 0 Å². The normalized spacial score (nSPS) is 11.3. The Morgan fingerprint density at radius 2 is 1.75 bits per heavy atom. The molecule has 0 aliphatic carbocycles. The fourth-order valence-electron chi connectivity index (χ4n) is 2.49. The Balaban J connectivity index is 1.80. The first-order valence-corrected chi connectivity index (χ1v) is 11.4. The zero-order valence-corrected chi connectivity index (χ0v) is 18.6. The minimum absolute atomic E-state index is 0.141. The lowest BCUT2D eigenvalue weighted by atomic mass is 10.2. The van der Waals surface area contributed by atoms with E-state index in [0.29, 0.717) is 16.3 Å². The summed E-state index contributed by atoms with van der Waals surface area (Å²) in [6.07, 6.45) is 0. The van der Waals surface area contributed by atoms with Gasteiger partial charge in [0.2, 0.25) is 0 Å². The number of hydrogen-bond donors (Lipinski definition) is 2. The maximum Gasteiger partial charge on any atom is 0.267 e. The molecule has 0 radical (unpaired) electrons. The molecule has 0 aliphatic heterocycles. The van der Waals surface area contributed by atoms with Crippen molar-refractivity contribution in [1.29, 1.82) is 0 Å². The van der Waals surface area contributed by atoms with E-state index in [-0.39, 0.29) is 15.9 Å². The van der Waals surface area contributed by atoms with E-state index in [1.165, 1.54) is 12.1 Å². The standard InChI is InChI=1S/C19H18BrN3O3S2/c1-11-4-7-15(8-5-11)28(25,26)23-19-21-13(3)17(27-19)18(24)22-16-9-6-14(20)10-12(16)2/h4-10H,1-3H3,(H,21,23)(H,22,24). The van der Waals surface area contributed by atoms with Gasteiger partial charge < -0.3 is 5.32 Å². The third-order valence-corrected chi connectivity index (χ3v) is 7.04. The van der Waals surface area contributed by atoms with Crippen LogP contribution >= 0.6 is 27.3 Å². The monoisotopic (exact) mass is 479 g/mol. The van der Waals surface area contributed by atoms with E-state index >= 15 is 0 Å². The second-order valence-corrected chi connectivity index (χ2v) is 9.86. The van der Waals surface area contributed by atoms with Crippen molar-refractivity contribution in [3.63, 3.8) is 0 Å². The third kappa shape index (κ3) is 4.60. The van der Waals surface area contributed by atoms with Gasteiger partial charge >= 0.3 is 0 Å². The van der Waals surface area contributed by atoms with Crippen LogP contribution in [0.3, 0.4) is 0 Å². The van der Waals surface area contributed by atoms with Crippen molar-refractivity contribution in [3.05, 3.63) is 68.6 Å². The average molecular weight is 480 g/mol. The summed E-state index contributed by atoms with van der Waals surface area (Å²) in [5.41, 5.74) is 3.01. The van der Waals surface area contributed by atoms with Crippen LogP contribution in [-0.4, -0.2) is 19.3 Å². The van der Waals surface area contributed by atoms with Crippen LogP contribution < -0.4 is 10.0 Å². The molecule has 1 heterocycles. The number of anilines is 2. The molecule has 0 spiro atoms. The first-order valence-electron chi connectivity index (χ1n) is 8.30. The van der Waals surface area contributed by atoms with E-state index in [0.717, 1.165) is 26.9 Å². The van der Waals surface area contributed by atoms with Gasteiger partial charge in [-0.2, -0.15) is 0 Å². The van der Waals surface area contributed by atoms with Crippen LogP contribution in [0.2, 0.25) is 0 Å². The van der Waals surface area contributed by atoms with Gasteiger partial charge in [0.05, 0.1) is 10.6 Å². The van der Waals surface area contributed by atoms with Gasteiger partial charge in [0.15, 0.2) is 5.13 Å². The lowest BCUT2D eigenvalue weighted by Gasteiger charge is -2.08. The number of nitrogens with zero attached hydrogens (tertiary/aromatic N) is 1. The number of halogens is 1. The Kier molecular flexibility index (Phi) is 5.87. The van der Waals surface area contributed by atoms with Crippen molar-refractivity contribution in [3.8, 4) is 0 Å². The van der Waals surface area contributed by atoms with E-state index < -0.39 is 10.0 Å². The van der Waals surface area contributed by atoms with Crippen molar-refractivity contribution >= 4 is 54.0 Å². The minimum atomic E-state index is -3.77. The van der Waals surface area contributed by atoms with Gasteiger partial charge in [-0.25, -0.2) is 13.4 Å². The highest BCUT2D eigenvalue weighted by molar-refractivity contribution is 9.10. The number of rotatable bonds is 5. The van der Waals surface area contributed by atoms with Gasteiger partial charge in [0.1, 0.15) is 4.88 Å². The first kappa shape index (κ1) is 20.5. The van der Waals surface area contributed by atoms with Gasteiger partial charge in [0, 0.05) is 10.2 Å². The SMILES string of the molecule is Cc1ccc(S(=O)(=O)Nc2nc(C)c(C(=O)Nc3ccc(Br)cc3C)s2)cc1. The molecule has 1 amide bonds. The van der Waals surface area contributed by atoms with Gasteiger partial charge in [-0.05, 0) is 56.7 Å². The molecule has 0 bridgehead atoms. The van der Waals surface area contributed by atoms with Crippen molar-refractivity contribution < 1.29 is 13.2 Å². The molecule has 0 atom stereocenters. The second kappa shape index (κ2) is 8.02. The van der Waals surface area contributed by atoms with Gasteiger partial charge in [-0.1, -0.05) is 45.0 Å². The second-order valence-electron chi connectivity index (χ2n) is 6.27. The smallest absolute Gasteiger partial charge is 0.267 e. The Hall–Kier alpha value is -2.23. The molecule has 0 fully saturated rings. The highest BCUT2D eigenvalue weighted by atomic mass is 79.9. The van der Waals surface area contributed by atoms with Crippen LogP contribution in [0.15, 0.2) is 51.8 Å². The lowest BCUT2D eigenvalue weighted by Crippen LogP contribution is -2.12. The molecule has 0 unspecified atom stereocenters. The lowest BCUT2D eigenvalue weighted by molar-refractivity contribution is 0.102. The molecule has 28 heavy (non-hydrogen) atoms. The fraction of sp³-hybridized carbons (Fsp3) is 0.158. The maximum atomic E-state index is 12.6. The number of amides is 1. The molecule has 9 heteroatoms. The summed E-state index contributed by atoms with van der Waals surface area (Å²) in [7, 11) is -3.77. The van der Waals surface area contributed by atoms with Crippen molar-refractivity contribution in [2.45, 2.75) is 25.7 Å². The van der Waals surface area contributed by atoms with Crippen LogP contribution in [0.25, 0.3) is 0 Å². The molecule has 0 saturated heterocycles. The predicted octanol–water partition coefficient (Wildman–Crippen LogP) is 4.88. The van der Waals surface area contributed by atoms with Crippen LogP contribution in [0.5, 0.6) is 0 Å². The number of aromatic nitrogens is 1. The molecule has 3 rings (SSSR count). The Morgan fingerprint density at radius 3 is 2.39 bits per heavy atom. The van der Waals surface area contributed by atoms with E-state index in [1.54, 1.807) is 25.1 Å². The summed E-state index contributed by atoms with van der Waals surface area (Å²) in [5.74, 6) is -0.332.